The van der Waals surface area contributed by atoms with Gasteiger partial charge < -0.3 is 9.84 Å². The number of carbonyl (C=O) groups is 1. The van der Waals surface area contributed by atoms with Crippen molar-refractivity contribution in [2.24, 2.45) is 0 Å². The van der Waals surface area contributed by atoms with Gasteiger partial charge in [-0.2, -0.15) is 0 Å². The van der Waals surface area contributed by atoms with E-state index in [2.05, 4.69) is 0 Å². The second kappa shape index (κ2) is 5.85. The van der Waals surface area contributed by atoms with Gasteiger partial charge in [-0.25, -0.2) is 4.79 Å². The van der Waals surface area contributed by atoms with Crippen LogP contribution in [0.15, 0.2) is 42.5 Å². The quantitative estimate of drug-likeness (QED) is 0.844. The molecule has 2 rings (SSSR count). The molecule has 18 heavy (non-hydrogen) atoms. The lowest BCUT2D eigenvalue weighted by atomic mass is 10.0. The molecule has 0 fully saturated rings. The standard InChI is InChI=1S/C14H13ClO3/c15-7-8-18-13(14(16)17)12-6-5-10-3-1-2-4-11(10)9-12/h1-6,9,13H,7-8H2,(H,16,17). The fraction of sp³-hybridized carbons (Fsp3) is 0.214. The number of carboxylic acid groups (broad SMARTS) is 1. The smallest absolute Gasteiger partial charge is 0.337 e. The first-order valence-corrected chi connectivity index (χ1v) is 6.15. The van der Waals surface area contributed by atoms with Crippen molar-refractivity contribution >= 4 is 28.3 Å². The van der Waals surface area contributed by atoms with Crippen LogP contribution < -0.4 is 0 Å². The van der Waals surface area contributed by atoms with Crippen LogP contribution in [0.4, 0.5) is 0 Å². The number of benzene rings is 2. The Bertz CT molecular complexity index is 553. The summed E-state index contributed by atoms with van der Waals surface area (Å²) in [6.45, 7) is 0.214. The van der Waals surface area contributed by atoms with Gasteiger partial charge in [-0.1, -0.05) is 36.4 Å². The average Bonchev–Trinajstić information content (AvgIpc) is 2.38. The SMILES string of the molecule is O=C(O)C(OCCCl)c1ccc2ccccc2c1. The number of ether oxygens (including phenoxy) is 1. The molecule has 0 heterocycles. The molecule has 0 aliphatic rings. The Hall–Kier alpha value is -1.58. The molecule has 2 aromatic rings. The number of hydrogen-bond acceptors (Lipinski definition) is 2. The van der Waals surface area contributed by atoms with Crippen LogP contribution in [0.25, 0.3) is 10.8 Å². The summed E-state index contributed by atoms with van der Waals surface area (Å²) in [6, 6.07) is 13.3. The summed E-state index contributed by atoms with van der Waals surface area (Å²) in [4.78, 5) is 11.2. The first-order valence-electron chi connectivity index (χ1n) is 5.61. The predicted molar refractivity (Wildman–Crippen MR) is 71.0 cm³/mol. The lowest BCUT2D eigenvalue weighted by Gasteiger charge is -2.13. The molecule has 0 aliphatic carbocycles. The van der Waals surface area contributed by atoms with Crippen molar-refractivity contribution in [2.45, 2.75) is 6.10 Å². The van der Waals surface area contributed by atoms with E-state index < -0.39 is 12.1 Å². The third-order valence-corrected chi connectivity index (χ3v) is 2.82. The monoisotopic (exact) mass is 264 g/mol. The summed E-state index contributed by atoms with van der Waals surface area (Å²) in [6.07, 6.45) is -0.964. The average molecular weight is 265 g/mol. The third kappa shape index (κ3) is 2.81. The van der Waals surface area contributed by atoms with E-state index in [4.69, 9.17) is 21.4 Å². The highest BCUT2D eigenvalue weighted by Crippen LogP contribution is 2.23. The van der Waals surface area contributed by atoms with Crippen molar-refractivity contribution in [3.8, 4) is 0 Å². The van der Waals surface area contributed by atoms with E-state index in [0.29, 0.717) is 5.56 Å². The van der Waals surface area contributed by atoms with Crippen molar-refractivity contribution in [3.63, 3.8) is 0 Å². The first kappa shape index (κ1) is 12.9. The molecule has 0 amide bonds. The first-order chi connectivity index (χ1) is 8.72. The van der Waals surface area contributed by atoms with Crippen molar-refractivity contribution in [1.82, 2.24) is 0 Å². The molecule has 1 atom stereocenters. The number of alkyl halides is 1. The number of hydrogen-bond donors (Lipinski definition) is 1. The topological polar surface area (TPSA) is 46.5 Å². The Kier molecular flexibility index (Phi) is 4.18. The molecule has 0 saturated carbocycles. The molecule has 0 saturated heterocycles. The van der Waals surface area contributed by atoms with Crippen LogP contribution in [0.5, 0.6) is 0 Å². The summed E-state index contributed by atoms with van der Waals surface area (Å²) >= 11 is 5.51. The van der Waals surface area contributed by atoms with Crippen molar-refractivity contribution in [1.29, 1.82) is 0 Å². The lowest BCUT2D eigenvalue weighted by Crippen LogP contribution is -2.16. The summed E-state index contributed by atoms with van der Waals surface area (Å²) < 4.78 is 5.26. The predicted octanol–water partition coefficient (Wildman–Crippen LogP) is 3.22. The Labute approximate surface area is 110 Å². The van der Waals surface area contributed by atoms with Gasteiger partial charge in [-0.15, -0.1) is 11.6 Å². The maximum Gasteiger partial charge on any atom is 0.337 e. The molecule has 0 aliphatic heterocycles. The second-order valence-corrected chi connectivity index (χ2v) is 4.26. The number of carboxylic acids is 1. The van der Waals surface area contributed by atoms with Gasteiger partial charge in [0.25, 0.3) is 0 Å². The van der Waals surface area contributed by atoms with Crippen LogP contribution in [0, 0.1) is 0 Å². The third-order valence-electron chi connectivity index (χ3n) is 2.66. The fourth-order valence-electron chi connectivity index (χ4n) is 1.84. The molecule has 0 spiro atoms. The molecule has 4 heteroatoms. The van der Waals surface area contributed by atoms with Crippen LogP contribution in [0.3, 0.4) is 0 Å². The van der Waals surface area contributed by atoms with Crippen molar-refractivity contribution in [3.05, 3.63) is 48.0 Å². The molecule has 2 aromatic carbocycles. The van der Waals surface area contributed by atoms with Gasteiger partial charge in [0, 0.05) is 5.88 Å². The Morgan fingerprint density at radius 1 is 1.22 bits per heavy atom. The molecular formula is C14H13ClO3. The van der Waals surface area contributed by atoms with Gasteiger partial charge in [0.15, 0.2) is 6.10 Å². The van der Waals surface area contributed by atoms with E-state index in [9.17, 15) is 4.79 Å². The van der Waals surface area contributed by atoms with Crippen molar-refractivity contribution in [2.75, 3.05) is 12.5 Å². The zero-order valence-corrected chi connectivity index (χ0v) is 10.4. The minimum absolute atomic E-state index is 0.214. The van der Waals surface area contributed by atoms with Gasteiger partial charge in [-0.05, 0) is 22.4 Å². The van der Waals surface area contributed by atoms with E-state index in [1.54, 1.807) is 6.07 Å². The Morgan fingerprint density at radius 2 is 1.94 bits per heavy atom. The zero-order chi connectivity index (χ0) is 13.0. The number of fused-ring (bicyclic) bond motifs is 1. The number of aliphatic carboxylic acids is 1. The highest BCUT2D eigenvalue weighted by Gasteiger charge is 2.20. The van der Waals surface area contributed by atoms with E-state index in [-0.39, 0.29) is 12.5 Å². The molecule has 3 nitrogen and oxygen atoms in total. The molecule has 0 bridgehead atoms. The normalized spacial score (nSPS) is 12.5. The molecule has 0 aromatic heterocycles. The Balaban J connectivity index is 2.35. The van der Waals surface area contributed by atoms with Crippen LogP contribution >= 0.6 is 11.6 Å². The largest absolute Gasteiger partial charge is 0.479 e. The second-order valence-electron chi connectivity index (χ2n) is 3.88. The van der Waals surface area contributed by atoms with Gasteiger partial charge in [0.05, 0.1) is 6.61 Å². The lowest BCUT2D eigenvalue weighted by molar-refractivity contribution is -0.150. The van der Waals surface area contributed by atoms with E-state index in [1.807, 2.05) is 36.4 Å². The Morgan fingerprint density at radius 3 is 2.61 bits per heavy atom. The maximum absolute atomic E-state index is 11.2. The summed E-state index contributed by atoms with van der Waals surface area (Å²) in [5.41, 5.74) is 0.631. The zero-order valence-electron chi connectivity index (χ0n) is 9.67. The van der Waals surface area contributed by atoms with E-state index in [1.165, 1.54) is 0 Å². The van der Waals surface area contributed by atoms with Gasteiger partial charge in [0.2, 0.25) is 0 Å². The summed E-state index contributed by atoms with van der Waals surface area (Å²) in [5, 5.41) is 11.2. The van der Waals surface area contributed by atoms with E-state index >= 15 is 0 Å². The van der Waals surface area contributed by atoms with Gasteiger partial charge in [-0.3, -0.25) is 0 Å². The van der Waals surface area contributed by atoms with Crippen LogP contribution in [0.2, 0.25) is 0 Å². The van der Waals surface area contributed by atoms with Gasteiger partial charge in [0.1, 0.15) is 0 Å². The van der Waals surface area contributed by atoms with Crippen LogP contribution in [-0.2, 0) is 9.53 Å². The molecular weight excluding hydrogens is 252 g/mol. The van der Waals surface area contributed by atoms with Crippen LogP contribution in [-0.4, -0.2) is 23.6 Å². The highest BCUT2D eigenvalue weighted by molar-refractivity contribution is 6.18. The van der Waals surface area contributed by atoms with Crippen LogP contribution in [0.1, 0.15) is 11.7 Å². The summed E-state index contributed by atoms with van der Waals surface area (Å²) in [7, 11) is 0. The molecule has 1 N–H and O–H groups in total. The number of halogens is 1. The maximum atomic E-state index is 11.2. The molecule has 0 radical (unpaired) electrons. The minimum Gasteiger partial charge on any atom is -0.479 e. The summed E-state index contributed by atoms with van der Waals surface area (Å²) in [5.74, 6) is -0.729. The van der Waals surface area contributed by atoms with Gasteiger partial charge >= 0.3 is 5.97 Å². The minimum atomic E-state index is -1.00. The van der Waals surface area contributed by atoms with Crippen molar-refractivity contribution < 1.29 is 14.6 Å². The van der Waals surface area contributed by atoms with E-state index in [0.717, 1.165) is 10.8 Å². The highest BCUT2D eigenvalue weighted by atomic mass is 35.5. The fourth-order valence-corrected chi connectivity index (χ4v) is 1.93. The molecule has 1 unspecified atom stereocenters. The number of rotatable bonds is 5. The molecule has 94 valence electrons.